The topological polar surface area (TPSA) is 66.9 Å². The molecule has 5 nitrogen and oxygen atoms in total. The van der Waals surface area contributed by atoms with Crippen LogP contribution in [0.1, 0.15) is 38.3 Å². The molecule has 0 spiro atoms. The third-order valence-electron chi connectivity index (χ3n) is 3.01. The Labute approximate surface area is 112 Å². The number of nitrogens with one attached hydrogen (secondary N) is 2. The third-order valence-corrected chi connectivity index (χ3v) is 3.01. The molecule has 1 saturated carbocycles. The quantitative estimate of drug-likeness (QED) is 0.736. The maximum atomic E-state index is 13.8. The Morgan fingerprint density at radius 1 is 1.47 bits per heavy atom. The Kier molecular flexibility index (Phi) is 4.65. The van der Waals surface area contributed by atoms with E-state index >= 15 is 0 Å². The van der Waals surface area contributed by atoms with Crippen molar-refractivity contribution in [3.05, 3.63) is 17.8 Å². The first-order chi connectivity index (χ1) is 9.20. The van der Waals surface area contributed by atoms with Crippen molar-refractivity contribution in [2.45, 2.75) is 45.1 Å². The Balaban J connectivity index is 1.71. The van der Waals surface area contributed by atoms with Crippen LogP contribution in [0.15, 0.2) is 6.33 Å². The van der Waals surface area contributed by atoms with Gasteiger partial charge in [0, 0.05) is 19.0 Å². The molecule has 1 aromatic rings. The van der Waals surface area contributed by atoms with Crippen LogP contribution in [0.5, 0.6) is 0 Å². The molecule has 1 aliphatic rings. The van der Waals surface area contributed by atoms with Crippen molar-refractivity contribution in [3.8, 4) is 0 Å². The summed E-state index contributed by atoms with van der Waals surface area (Å²) in [4.78, 5) is 19.2. The Bertz CT molecular complexity index is 448. The van der Waals surface area contributed by atoms with E-state index in [4.69, 9.17) is 0 Å². The predicted molar refractivity (Wildman–Crippen MR) is 70.3 cm³/mol. The summed E-state index contributed by atoms with van der Waals surface area (Å²) in [6, 6.07) is 0.395. The number of amides is 1. The van der Waals surface area contributed by atoms with Crippen molar-refractivity contribution in [1.29, 1.82) is 0 Å². The van der Waals surface area contributed by atoms with Gasteiger partial charge in [0.25, 0.3) is 0 Å². The fraction of sp³-hybridized carbons (Fsp3) is 0.615. The molecule has 19 heavy (non-hydrogen) atoms. The van der Waals surface area contributed by atoms with Crippen molar-refractivity contribution in [1.82, 2.24) is 15.3 Å². The maximum Gasteiger partial charge on any atom is 0.220 e. The zero-order chi connectivity index (χ0) is 13.7. The van der Waals surface area contributed by atoms with E-state index in [0.717, 1.165) is 12.8 Å². The first-order valence-corrected chi connectivity index (χ1v) is 6.73. The monoisotopic (exact) mass is 266 g/mol. The minimum atomic E-state index is -0.396. The smallest absolute Gasteiger partial charge is 0.220 e. The van der Waals surface area contributed by atoms with E-state index in [1.807, 2.05) is 6.92 Å². The van der Waals surface area contributed by atoms with Crippen molar-refractivity contribution < 1.29 is 9.18 Å². The number of aromatic nitrogens is 2. The summed E-state index contributed by atoms with van der Waals surface area (Å²) < 4.78 is 13.8. The first-order valence-electron chi connectivity index (χ1n) is 6.73. The van der Waals surface area contributed by atoms with Crippen molar-refractivity contribution in [2.75, 3.05) is 11.9 Å². The van der Waals surface area contributed by atoms with Crippen LogP contribution in [0.25, 0.3) is 0 Å². The lowest BCUT2D eigenvalue weighted by Gasteiger charge is -2.08. The average molecular weight is 266 g/mol. The van der Waals surface area contributed by atoms with E-state index in [-0.39, 0.29) is 11.7 Å². The van der Waals surface area contributed by atoms with Gasteiger partial charge < -0.3 is 10.6 Å². The van der Waals surface area contributed by atoms with Crippen molar-refractivity contribution in [3.63, 3.8) is 0 Å². The molecule has 1 aliphatic carbocycles. The molecule has 1 heterocycles. The molecular weight excluding hydrogens is 247 g/mol. The highest BCUT2D eigenvalue weighted by Gasteiger charge is 2.22. The minimum absolute atomic E-state index is 0.0710. The maximum absolute atomic E-state index is 13.8. The standard InChI is InChI=1S/C13H19FN4O/c1-2-10-12(14)13(17-8-16-10)15-7-3-4-11(19)18-9-5-6-9/h8-9H,2-7H2,1H3,(H,18,19)(H,15,16,17). The lowest BCUT2D eigenvalue weighted by molar-refractivity contribution is -0.121. The molecule has 0 aliphatic heterocycles. The molecule has 2 rings (SSSR count). The van der Waals surface area contributed by atoms with E-state index in [9.17, 15) is 9.18 Å². The van der Waals surface area contributed by atoms with E-state index < -0.39 is 5.82 Å². The Hall–Kier alpha value is -1.72. The second kappa shape index (κ2) is 6.45. The van der Waals surface area contributed by atoms with Crippen LogP contribution in [-0.4, -0.2) is 28.5 Å². The highest BCUT2D eigenvalue weighted by Crippen LogP contribution is 2.18. The molecule has 1 amide bonds. The number of rotatable bonds is 7. The normalized spacial score (nSPS) is 14.2. The van der Waals surface area contributed by atoms with Gasteiger partial charge in [-0.05, 0) is 25.7 Å². The molecule has 0 aromatic carbocycles. The average Bonchev–Trinajstić information content (AvgIpc) is 3.20. The first kappa shape index (κ1) is 13.7. The number of carbonyl (C=O) groups excluding carboxylic acids is 1. The molecule has 2 N–H and O–H groups in total. The molecule has 104 valence electrons. The van der Waals surface area contributed by atoms with Crippen molar-refractivity contribution >= 4 is 11.7 Å². The Morgan fingerprint density at radius 3 is 2.95 bits per heavy atom. The second-order valence-corrected chi connectivity index (χ2v) is 4.71. The summed E-state index contributed by atoms with van der Waals surface area (Å²) >= 11 is 0. The number of nitrogens with zero attached hydrogens (tertiary/aromatic N) is 2. The molecule has 1 fully saturated rings. The van der Waals surface area contributed by atoms with E-state index in [1.54, 1.807) is 0 Å². The van der Waals surface area contributed by atoms with Gasteiger partial charge in [0.05, 0.1) is 5.69 Å². The lowest BCUT2D eigenvalue weighted by Crippen LogP contribution is -2.25. The van der Waals surface area contributed by atoms with Gasteiger partial charge in [-0.3, -0.25) is 4.79 Å². The van der Waals surface area contributed by atoms with Crippen LogP contribution in [0.3, 0.4) is 0 Å². The summed E-state index contributed by atoms with van der Waals surface area (Å²) in [6.07, 6.45) is 5.18. The van der Waals surface area contributed by atoms with Crippen LogP contribution >= 0.6 is 0 Å². The summed E-state index contributed by atoms with van der Waals surface area (Å²) in [5, 5.41) is 5.82. The van der Waals surface area contributed by atoms with Gasteiger partial charge in [-0.15, -0.1) is 0 Å². The number of hydrogen-bond acceptors (Lipinski definition) is 4. The van der Waals surface area contributed by atoms with Gasteiger partial charge in [-0.1, -0.05) is 6.92 Å². The fourth-order valence-corrected chi connectivity index (χ4v) is 1.76. The van der Waals surface area contributed by atoms with Crippen LogP contribution < -0.4 is 10.6 Å². The van der Waals surface area contributed by atoms with Crippen LogP contribution in [0.2, 0.25) is 0 Å². The van der Waals surface area contributed by atoms with Gasteiger partial charge in [0.1, 0.15) is 6.33 Å². The highest BCUT2D eigenvalue weighted by molar-refractivity contribution is 5.76. The number of anilines is 1. The van der Waals surface area contributed by atoms with E-state index in [2.05, 4.69) is 20.6 Å². The minimum Gasteiger partial charge on any atom is -0.368 e. The van der Waals surface area contributed by atoms with Crippen LogP contribution in [0.4, 0.5) is 10.2 Å². The molecule has 0 radical (unpaired) electrons. The Morgan fingerprint density at radius 2 is 2.26 bits per heavy atom. The van der Waals surface area contributed by atoms with Crippen molar-refractivity contribution in [2.24, 2.45) is 0 Å². The second-order valence-electron chi connectivity index (χ2n) is 4.71. The molecular formula is C13H19FN4O. The molecule has 0 atom stereocenters. The number of halogens is 1. The van der Waals surface area contributed by atoms with Gasteiger partial charge >= 0.3 is 0 Å². The zero-order valence-electron chi connectivity index (χ0n) is 11.1. The molecule has 0 bridgehead atoms. The molecule has 0 saturated heterocycles. The SMILES string of the molecule is CCc1ncnc(NCCCC(=O)NC2CC2)c1F. The zero-order valence-corrected chi connectivity index (χ0v) is 11.1. The summed E-state index contributed by atoms with van der Waals surface area (Å²) in [5.41, 5.74) is 0.406. The summed E-state index contributed by atoms with van der Waals surface area (Å²) in [5.74, 6) is -0.108. The van der Waals surface area contributed by atoms with Gasteiger partial charge in [0.15, 0.2) is 11.6 Å². The largest absolute Gasteiger partial charge is 0.368 e. The third kappa shape index (κ3) is 4.15. The van der Waals surface area contributed by atoms with E-state index in [0.29, 0.717) is 37.5 Å². The summed E-state index contributed by atoms with van der Waals surface area (Å²) in [6.45, 7) is 2.37. The molecule has 6 heteroatoms. The molecule has 0 unspecified atom stereocenters. The lowest BCUT2D eigenvalue weighted by atomic mass is 10.2. The van der Waals surface area contributed by atoms with Crippen LogP contribution in [-0.2, 0) is 11.2 Å². The van der Waals surface area contributed by atoms with Gasteiger partial charge in [-0.2, -0.15) is 0 Å². The number of hydrogen-bond donors (Lipinski definition) is 2. The van der Waals surface area contributed by atoms with E-state index in [1.165, 1.54) is 6.33 Å². The van der Waals surface area contributed by atoms with Gasteiger partial charge in [0.2, 0.25) is 5.91 Å². The fourth-order valence-electron chi connectivity index (χ4n) is 1.76. The number of carbonyl (C=O) groups is 1. The van der Waals surface area contributed by atoms with Crippen LogP contribution in [0, 0.1) is 5.82 Å². The predicted octanol–water partition coefficient (Wildman–Crippen LogP) is 1.65. The van der Waals surface area contributed by atoms with Gasteiger partial charge in [-0.25, -0.2) is 14.4 Å². The number of aryl methyl sites for hydroxylation is 1. The highest BCUT2D eigenvalue weighted by atomic mass is 19.1. The molecule has 1 aromatic heterocycles. The summed E-state index contributed by atoms with van der Waals surface area (Å²) in [7, 11) is 0.